The van der Waals surface area contributed by atoms with Crippen molar-refractivity contribution >= 4 is 17.5 Å². The smallest absolute Gasteiger partial charge is 0.338 e. The second-order valence-electron chi connectivity index (χ2n) is 10.0. The van der Waals surface area contributed by atoms with Gasteiger partial charge in [-0.1, -0.05) is 48.5 Å². The number of likely N-dealkylation sites (tertiary alicyclic amines) is 1. The standard InChI is InChI=1S/C29H25F6N3O2/c30-28(31,32)21-16-20(17-22(18-21)29(33,34)35)25(39)37-13-11-27(12-14-37)26(40)36-24(15-19-7-3-1-4-8-19)38(27)23-9-5-2-6-10-23/h1-10,16-18,24H,11-15H2,(H,36,40)/t24-/m1/s1. The van der Waals surface area contributed by atoms with Crippen molar-refractivity contribution in [1.82, 2.24) is 10.2 Å². The summed E-state index contributed by atoms with van der Waals surface area (Å²) in [6.45, 7) is -0.0452. The summed E-state index contributed by atoms with van der Waals surface area (Å²) in [6.07, 6.45) is -9.71. The molecule has 2 aliphatic heterocycles. The van der Waals surface area contributed by atoms with Gasteiger partial charge in [0.1, 0.15) is 11.7 Å². The summed E-state index contributed by atoms with van der Waals surface area (Å²) in [5, 5.41) is 3.07. The quantitative estimate of drug-likeness (QED) is 0.404. The summed E-state index contributed by atoms with van der Waals surface area (Å²) in [5.41, 5.74) is -3.04. The molecular formula is C29H25F6N3O2. The van der Waals surface area contributed by atoms with Crippen LogP contribution in [0.15, 0.2) is 78.9 Å². The third-order valence-corrected chi connectivity index (χ3v) is 7.51. The van der Waals surface area contributed by atoms with Gasteiger partial charge < -0.3 is 15.1 Å². The average molecular weight is 562 g/mol. The van der Waals surface area contributed by atoms with Crippen molar-refractivity contribution < 1.29 is 35.9 Å². The molecular weight excluding hydrogens is 536 g/mol. The van der Waals surface area contributed by atoms with E-state index in [0.29, 0.717) is 18.6 Å². The van der Waals surface area contributed by atoms with Crippen LogP contribution in [-0.4, -0.2) is 41.5 Å². The van der Waals surface area contributed by atoms with Crippen molar-refractivity contribution in [3.05, 3.63) is 101 Å². The minimum atomic E-state index is -5.06. The number of anilines is 1. The summed E-state index contributed by atoms with van der Waals surface area (Å²) in [7, 11) is 0. The number of nitrogens with one attached hydrogen (secondary N) is 1. The van der Waals surface area contributed by atoms with Crippen molar-refractivity contribution in [3.8, 4) is 0 Å². The van der Waals surface area contributed by atoms with Gasteiger partial charge in [-0.2, -0.15) is 26.3 Å². The maximum Gasteiger partial charge on any atom is 0.416 e. The van der Waals surface area contributed by atoms with Crippen molar-refractivity contribution in [3.63, 3.8) is 0 Å². The van der Waals surface area contributed by atoms with Crippen LogP contribution in [0, 0.1) is 0 Å². The van der Waals surface area contributed by atoms with E-state index in [0.717, 1.165) is 11.3 Å². The van der Waals surface area contributed by atoms with Crippen LogP contribution in [0.3, 0.4) is 0 Å². The van der Waals surface area contributed by atoms with E-state index < -0.39 is 46.7 Å². The second kappa shape index (κ2) is 10.2. The van der Waals surface area contributed by atoms with E-state index in [2.05, 4.69) is 5.32 Å². The Bertz CT molecular complexity index is 1350. The Morgan fingerprint density at radius 1 is 0.825 bits per heavy atom. The fourth-order valence-corrected chi connectivity index (χ4v) is 5.56. The van der Waals surface area contributed by atoms with Gasteiger partial charge in [0.15, 0.2) is 0 Å². The van der Waals surface area contributed by atoms with Crippen molar-refractivity contribution in [2.75, 3.05) is 18.0 Å². The largest absolute Gasteiger partial charge is 0.416 e. The van der Waals surface area contributed by atoms with Gasteiger partial charge in [0.2, 0.25) is 5.91 Å². The van der Waals surface area contributed by atoms with Crippen LogP contribution in [0.2, 0.25) is 0 Å². The summed E-state index contributed by atoms with van der Waals surface area (Å²) in [6, 6.07) is 19.7. The van der Waals surface area contributed by atoms with Gasteiger partial charge in [-0.15, -0.1) is 0 Å². The molecule has 3 aromatic rings. The molecule has 3 aromatic carbocycles. The van der Waals surface area contributed by atoms with Crippen LogP contribution in [-0.2, 0) is 23.6 Å². The number of hydrogen-bond donors (Lipinski definition) is 1. The number of benzene rings is 3. The van der Waals surface area contributed by atoms with Crippen molar-refractivity contribution in [2.45, 2.75) is 43.3 Å². The molecule has 1 N–H and O–H groups in total. The molecule has 5 rings (SSSR count). The van der Waals surface area contributed by atoms with Gasteiger partial charge in [-0.05, 0) is 48.7 Å². The highest BCUT2D eigenvalue weighted by molar-refractivity contribution is 5.97. The first kappa shape index (κ1) is 27.5. The molecule has 0 aliphatic carbocycles. The number of halogens is 6. The number of carbonyl (C=O) groups excluding carboxylic acids is 2. The van der Waals surface area contributed by atoms with E-state index in [9.17, 15) is 35.9 Å². The molecule has 0 aromatic heterocycles. The number of amides is 2. The summed E-state index contributed by atoms with van der Waals surface area (Å²) in [4.78, 5) is 29.9. The van der Waals surface area contributed by atoms with Crippen molar-refractivity contribution in [2.24, 2.45) is 0 Å². The molecule has 2 heterocycles. The third-order valence-electron chi connectivity index (χ3n) is 7.51. The van der Waals surface area contributed by atoms with Crippen LogP contribution in [0.4, 0.5) is 32.0 Å². The molecule has 210 valence electrons. The van der Waals surface area contributed by atoms with Gasteiger partial charge in [-0.25, -0.2) is 0 Å². The first-order chi connectivity index (χ1) is 18.9. The predicted molar refractivity (Wildman–Crippen MR) is 135 cm³/mol. The van der Waals surface area contributed by atoms with Gasteiger partial charge in [0.25, 0.3) is 5.91 Å². The van der Waals surface area contributed by atoms with Gasteiger partial charge in [-0.3, -0.25) is 9.59 Å². The molecule has 5 nitrogen and oxygen atoms in total. The van der Waals surface area contributed by atoms with Crippen LogP contribution < -0.4 is 10.2 Å². The molecule has 0 radical (unpaired) electrons. The van der Waals surface area contributed by atoms with Gasteiger partial charge in [0.05, 0.1) is 11.1 Å². The molecule has 0 unspecified atom stereocenters. The van der Waals surface area contributed by atoms with Gasteiger partial charge in [0, 0.05) is 30.8 Å². The Morgan fingerprint density at radius 3 is 1.88 bits per heavy atom. The lowest BCUT2D eigenvalue weighted by Crippen LogP contribution is -2.58. The lowest BCUT2D eigenvalue weighted by molar-refractivity contribution is -0.143. The first-order valence-electron chi connectivity index (χ1n) is 12.7. The number of carbonyl (C=O) groups is 2. The molecule has 40 heavy (non-hydrogen) atoms. The second-order valence-corrected chi connectivity index (χ2v) is 10.0. The van der Waals surface area contributed by atoms with E-state index in [1.807, 2.05) is 65.6 Å². The van der Waals surface area contributed by atoms with Crippen LogP contribution >= 0.6 is 0 Å². The monoisotopic (exact) mass is 561 g/mol. The zero-order valence-electron chi connectivity index (χ0n) is 21.1. The Morgan fingerprint density at radius 2 is 1.35 bits per heavy atom. The number of rotatable bonds is 4. The third kappa shape index (κ3) is 5.24. The predicted octanol–water partition coefficient (Wildman–Crippen LogP) is 5.90. The molecule has 2 aliphatic rings. The SMILES string of the molecule is O=C(c1cc(C(F)(F)F)cc(C(F)(F)F)c1)N1CCC2(CC1)C(=O)N[C@@H](Cc1ccccc1)N2c1ccccc1. The maximum absolute atomic E-state index is 13.5. The van der Waals surface area contributed by atoms with E-state index in [1.165, 1.54) is 4.90 Å². The van der Waals surface area contributed by atoms with Crippen LogP contribution in [0.5, 0.6) is 0 Å². The van der Waals surface area contributed by atoms with Crippen LogP contribution in [0.1, 0.15) is 39.9 Å². The zero-order chi connectivity index (χ0) is 28.7. The zero-order valence-corrected chi connectivity index (χ0v) is 21.1. The van der Waals surface area contributed by atoms with E-state index in [-0.39, 0.29) is 37.9 Å². The summed E-state index contributed by atoms with van der Waals surface area (Å²) < 4.78 is 80.0. The molecule has 1 spiro atoms. The number of para-hydroxylation sites is 1. The fourth-order valence-electron chi connectivity index (χ4n) is 5.56. The Labute approximate surface area is 226 Å². The number of hydrogen-bond acceptors (Lipinski definition) is 3. The number of nitrogens with zero attached hydrogens (tertiary/aromatic N) is 2. The Balaban J connectivity index is 1.42. The Kier molecular flexibility index (Phi) is 7.01. The highest BCUT2D eigenvalue weighted by Crippen LogP contribution is 2.41. The maximum atomic E-state index is 13.5. The molecule has 0 saturated carbocycles. The lowest BCUT2D eigenvalue weighted by atomic mass is 9.85. The van der Waals surface area contributed by atoms with E-state index >= 15 is 0 Å². The molecule has 2 fully saturated rings. The lowest BCUT2D eigenvalue weighted by Gasteiger charge is -2.45. The fraction of sp³-hybridized carbons (Fsp3) is 0.310. The molecule has 2 saturated heterocycles. The van der Waals surface area contributed by atoms with Gasteiger partial charge >= 0.3 is 12.4 Å². The Hall–Kier alpha value is -4.02. The minimum absolute atomic E-state index is 0.00451. The normalized spacial score (nSPS) is 19.1. The summed E-state index contributed by atoms with van der Waals surface area (Å²) in [5.74, 6) is -1.18. The topological polar surface area (TPSA) is 52.7 Å². The molecule has 11 heteroatoms. The molecule has 2 amide bonds. The number of piperidine rings is 1. The minimum Gasteiger partial charge on any atom is -0.338 e. The molecule has 1 atom stereocenters. The highest BCUT2D eigenvalue weighted by Gasteiger charge is 2.54. The molecule has 0 bridgehead atoms. The van der Waals surface area contributed by atoms with E-state index in [4.69, 9.17) is 0 Å². The average Bonchev–Trinajstić information content (AvgIpc) is 3.18. The van der Waals surface area contributed by atoms with Crippen LogP contribution in [0.25, 0.3) is 0 Å². The van der Waals surface area contributed by atoms with E-state index in [1.54, 1.807) is 0 Å². The first-order valence-corrected chi connectivity index (χ1v) is 12.7. The highest BCUT2D eigenvalue weighted by atomic mass is 19.4. The number of alkyl halides is 6. The summed E-state index contributed by atoms with van der Waals surface area (Å²) >= 11 is 0. The van der Waals surface area contributed by atoms with Crippen molar-refractivity contribution in [1.29, 1.82) is 0 Å².